The minimum absolute atomic E-state index is 0.0254. The first-order chi connectivity index (χ1) is 11.7. The number of carbonyl (C=O) groups is 2. The molecular weight excluding hydrogens is 300 g/mol. The molecule has 1 aliphatic heterocycles. The third-order valence-corrected chi connectivity index (χ3v) is 5.17. The SMILES string of the molecule is CNC1CCN(C(=O)c2cccc3c2C(=O)c2ccccc2-3)CC1. The molecule has 1 N–H and O–H groups in total. The van der Waals surface area contributed by atoms with Crippen molar-refractivity contribution in [3.8, 4) is 11.1 Å². The lowest BCUT2D eigenvalue weighted by Gasteiger charge is -2.32. The monoisotopic (exact) mass is 320 g/mol. The molecule has 2 aromatic carbocycles. The Bertz CT molecular complexity index is 820. The number of benzene rings is 2. The Morgan fingerprint density at radius 2 is 1.67 bits per heavy atom. The highest BCUT2D eigenvalue weighted by molar-refractivity contribution is 6.25. The molecule has 1 heterocycles. The van der Waals surface area contributed by atoms with E-state index >= 15 is 0 Å². The predicted octanol–water partition coefficient (Wildman–Crippen LogP) is 2.72. The summed E-state index contributed by atoms with van der Waals surface area (Å²) in [6, 6.07) is 13.7. The summed E-state index contributed by atoms with van der Waals surface area (Å²) < 4.78 is 0. The molecule has 4 heteroatoms. The van der Waals surface area contributed by atoms with E-state index < -0.39 is 0 Å². The fraction of sp³-hybridized carbons (Fsp3) is 0.300. The molecule has 1 amide bonds. The maximum absolute atomic E-state index is 13.0. The second kappa shape index (κ2) is 5.87. The number of rotatable bonds is 2. The van der Waals surface area contributed by atoms with Crippen LogP contribution in [0, 0.1) is 0 Å². The minimum Gasteiger partial charge on any atom is -0.339 e. The van der Waals surface area contributed by atoms with Crippen LogP contribution in [-0.4, -0.2) is 42.8 Å². The number of piperidine rings is 1. The maximum atomic E-state index is 13.0. The van der Waals surface area contributed by atoms with Gasteiger partial charge in [-0.1, -0.05) is 36.4 Å². The number of amides is 1. The van der Waals surface area contributed by atoms with Crippen LogP contribution in [0.5, 0.6) is 0 Å². The number of nitrogens with one attached hydrogen (secondary N) is 1. The van der Waals surface area contributed by atoms with Gasteiger partial charge in [0.15, 0.2) is 5.78 Å². The topological polar surface area (TPSA) is 49.4 Å². The van der Waals surface area contributed by atoms with Crippen LogP contribution in [0.25, 0.3) is 11.1 Å². The van der Waals surface area contributed by atoms with Crippen molar-refractivity contribution in [2.24, 2.45) is 0 Å². The highest BCUT2D eigenvalue weighted by Crippen LogP contribution is 2.38. The number of likely N-dealkylation sites (tertiary alicyclic amines) is 1. The fourth-order valence-corrected chi connectivity index (χ4v) is 3.79. The first kappa shape index (κ1) is 15.1. The average molecular weight is 320 g/mol. The first-order valence-corrected chi connectivity index (χ1v) is 8.44. The normalized spacial score (nSPS) is 16.9. The summed E-state index contributed by atoms with van der Waals surface area (Å²) in [6.07, 6.45) is 1.90. The van der Waals surface area contributed by atoms with Crippen molar-refractivity contribution in [2.45, 2.75) is 18.9 Å². The molecule has 122 valence electrons. The first-order valence-electron chi connectivity index (χ1n) is 8.44. The third kappa shape index (κ3) is 2.26. The summed E-state index contributed by atoms with van der Waals surface area (Å²) in [6.45, 7) is 1.46. The summed E-state index contributed by atoms with van der Waals surface area (Å²) in [5.41, 5.74) is 3.62. The van der Waals surface area contributed by atoms with Gasteiger partial charge in [-0.3, -0.25) is 9.59 Å². The van der Waals surface area contributed by atoms with Gasteiger partial charge in [0, 0.05) is 30.3 Å². The lowest BCUT2D eigenvalue weighted by atomic mass is 9.98. The van der Waals surface area contributed by atoms with E-state index in [4.69, 9.17) is 0 Å². The number of hydrogen-bond donors (Lipinski definition) is 1. The van der Waals surface area contributed by atoms with Crippen LogP contribution in [0.2, 0.25) is 0 Å². The van der Waals surface area contributed by atoms with Gasteiger partial charge in [-0.05, 0) is 37.1 Å². The van der Waals surface area contributed by atoms with Crippen molar-refractivity contribution in [3.63, 3.8) is 0 Å². The second-order valence-electron chi connectivity index (χ2n) is 6.46. The second-order valence-corrected chi connectivity index (χ2v) is 6.46. The zero-order valence-corrected chi connectivity index (χ0v) is 13.7. The number of ketones is 1. The number of fused-ring (bicyclic) bond motifs is 3. The highest BCUT2D eigenvalue weighted by Gasteiger charge is 2.32. The molecule has 0 spiro atoms. The van der Waals surface area contributed by atoms with Crippen molar-refractivity contribution in [2.75, 3.05) is 20.1 Å². The van der Waals surface area contributed by atoms with Crippen molar-refractivity contribution < 1.29 is 9.59 Å². The molecule has 4 rings (SSSR count). The molecule has 1 saturated heterocycles. The van der Waals surface area contributed by atoms with Crippen molar-refractivity contribution in [1.29, 1.82) is 0 Å². The molecule has 0 atom stereocenters. The zero-order chi connectivity index (χ0) is 16.7. The lowest BCUT2D eigenvalue weighted by Crippen LogP contribution is -2.44. The Morgan fingerprint density at radius 3 is 2.38 bits per heavy atom. The summed E-state index contributed by atoms with van der Waals surface area (Å²) >= 11 is 0. The molecule has 4 nitrogen and oxygen atoms in total. The Morgan fingerprint density at radius 1 is 1.00 bits per heavy atom. The van der Waals surface area contributed by atoms with Gasteiger partial charge in [-0.2, -0.15) is 0 Å². The van der Waals surface area contributed by atoms with Crippen molar-refractivity contribution >= 4 is 11.7 Å². The van der Waals surface area contributed by atoms with Gasteiger partial charge in [0.2, 0.25) is 0 Å². The van der Waals surface area contributed by atoms with E-state index in [9.17, 15) is 9.59 Å². The van der Waals surface area contributed by atoms with Gasteiger partial charge >= 0.3 is 0 Å². The zero-order valence-electron chi connectivity index (χ0n) is 13.7. The molecule has 0 radical (unpaired) electrons. The Kier molecular flexibility index (Phi) is 3.69. The van der Waals surface area contributed by atoms with E-state index in [1.807, 2.05) is 48.3 Å². The Labute approximate surface area is 141 Å². The lowest BCUT2D eigenvalue weighted by molar-refractivity contribution is 0.0704. The van der Waals surface area contributed by atoms with E-state index in [0.29, 0.717) is 22.7 Å². The summed E-state index contributed by atoms with van der Waals surface area (Å²) in [5.74, 6) is -0.0581. The van der Waals surface area contributed by atoms with Gasteiger partial charge in [0.05, 0.1) is 5.56 Å². The van der Waals surface area contributed by atoms with Crippen LogP contribution >= 0.6 is 0 Å². The van der Waals surface area contributed by atoms with Crippen LogP contribution in [0.4, 0.5) is 0 Å². The Balaban J connectivity index is 1.69. The molecule has 0 aromatic heterocycles. The molecule has 2 aromatic rings. The predicted molar refractivity (Wildman–Crippen MR) is 93.3 cm³/mol. The van der Waals surface area contributed by atoms with E-state index in [1.165, 1.54) is 0 Å². The van der Waals surface area contributed by atoms with Gasteiger partial charge in [0.25, 0.3) is 5.91 Å². The van der Waals surface area contributed by atoms with Crippen LogP contribution < -0.4 is 5.32 Å². The number of carbonyl (C=O) groups excluding carboxylic acids is 2. The maximum Gasteiger partial charge on any atom is 0.254 e. The molecule has 24 heavy (non-hydrogen) atoms. The molecule has 1 fully saturated rings. The van der Waals surface area contributed by atoms with E-state index in [2.05, 4.69) is 5.32 Å². The smallest absolute Gasteiger partial charge is 0.254 e. The van der Waals surface area contributed by atoms with Gasteiger partial charge in [-0.25, -0.2) is 0 Å². The molecule has 0 saturated carbocycles. The van der Waals surface area contributed by atoms with E-state index in [0.717, 1.165) is 37.1 Å². The third-order valence-electron chi connectivity index (χ3n) is 5.17. The van der Waals surface area contributed by atoms with Gasteiger partial charge in [-0.15, -0.1) is 0 Å². The van der Waals surface area contributed by atoms with Crippen LogP contribution in [-0.2, 0) is 0 Å². The average Bonchev–Trinajstić information content (AvgIpc) is 2.94. The van der Waals surface area contributed by atoms with E-state index in [1.54, 1.807) is 6.07 Å². The standard InChI is InChI=1S/C20H20N2O2/c1-21-13-9-11-22(12-10-13)20(24)17-8-4-7-15-14-5-2-3-6-16(14)19(23)18(15)17/h2-8,13,21H,9-12H2,1H3. The van der Waals surface area contributed by atoms with E-state index in [-0.39, 0.29) is 11.7 Å². The molecule has 0 bridgehead atoms. The largest absolute Gasteiger partial charge is 0.339 e. The number of nitrogens with zero attached hydrogens (tertiary/aromatic N) is 1. The van der Waals surface area contributed by atoms with Gasteiger partial charge < -0.3 is 10.2 Å². The van der Waals surface area contributed by atoms with Crippen molar-refractivity contribution in [1.82, 2.24) is 10.2 Å². The van der Waals surface area contributed by atoms with Crippen LogP contribution in [0.3, 0.4) is 0 Å². The summed E-state index contributed by atoms with van der Waals surface area (Å²) in [5, 5.41) is 3.27. The quantitative estimate of drug-likeness (QED) is 0.790. The summed E-state index contributed by atoms with van der Waals surface area (Å²) in [7, 11) is 1.96. The molecular formula is C20H20N2O2. The van der Waals surface area contributed by atoms with Crippen molar-refractivity contribution in [3.05, 3.63) is 59.2 Å². The molecule has 1 aliphatic carbocycles. The number of hydrogen-bond acceptors (Lipinski definition) is 3. The van der Waals surface area contributed by atoms with Crippen LogP contribution in [0.1, 0.15) is 39.1 Å². The fourth-order valence-electron chi connectivity index (χ4n) is 3.79. The Hall–Kier alpha value is -2.46. The minimum atomic E-state index is -0.0327. The molecule has 2 aliphatic rings. The highest BCUT2D eigenvalue weighted by atomic mass is 16.2. The van der Waals surface area contributed by atoms with Crippen LogP contribution in [0.15, 0.2) is 42.5 Å². The molecule has 0 unspecified atom stereocenters. The van der Waals surface area contributed by atoms with Gasteiger partial charge in [0.1, 0.15) is 0 Å². The summed E-state index contributed by atoms with van der Waals surface area (Å²) in [4.78, 5) is 27.7.